The van der Waals surface area contributed by atoms with Crippen LogP contribution in [-0.4, -0.2) is 23.4 Å². The Kier molecular flexibility index (Phi) is 6.68. The SMILES string of the molecule is Cl.Nc1cccc(C(=O)N(CCc2ccccc2)C2CCCC2)c1. The summed E-state index contributed by atoms with van der Waals surface area (Å²) in [6.07, 6.45) is 5.56. The number of carbonyl (C=O) groups is 1. The van der Waals surface area contributed by atoms with Crippen molar-refractivity contribution in [2.24, 2.45) is 0 Å². The molecule has 3 nitrogen and oxygen atoms in total. The predicted octanol–water partition coefficient (Wildman–Crippen LogP) is 4.32. The number of hydrogen-bond acceptors (Lipinski definition) is 2. The number of hydrogen-bond donors (Lipinski definition) is 1. The van der Waals surface area contributed by atoms with Crippen LogP contribution in [0.25, 0.3) is 0 Å². The molecule has 3 rings (SSSR count). The van der Waals surface area contributed by atoms with E-state index in [0.29, 0.717) is 17.3 Å². The molecule has 0 unspecified atom stereocenters. The minimum absolute atomic E-state index is 0. The van der Waals surface area contributed by atoms with Crippen molar-refractivity contribution in [1.29, 1.82) is 0 Å². The topological polar surface area (TPSA) is 46.3 Å². The van der Waals surface area contributed by atoms with Crippen LogP contribution in [0.15, 0.2) is 54.6 Å². The Morgan fingerprint density at radius 2 is 1.75 bits per heavy atom. The third-order valence-electron chi connectivity index (χ3n) is 4.64. The molecule has 2 aromatic carbocycles. The second kappa shape index (κ2) is 8.74. The van der Waals surface area contributed by atoms with Crippen LogP contribution in [-0.2, 0) is 6.42 Å². The molecule has 0 spiro atoms. The Morgan fingerprint density at radius 3 is 2.42 bits per heavy atom. The van der Waals surface area contributed by atoms with E-state index in [1.165, 1.54) is 18.4 Å². The van der Waals surface area contributed by atoms with E-state index in [1.807, 2.05) is 24.3 Å². The molecule has 4 heteroatoms. The third-order valence-corrected chi connectivity index (χ3v) is 4.64. The maximum absolute atomic E-state index is 13.0. The lowest BCUT2D eigenvalue weighted by atomic mass is 10.1. The van der Waals surface area contributed by atoms with Crippen LogP contribution in [0.2, 0.25) is 0 Å². The Balaban J connectivity index is 0.00000208. The summed E-state index contributed by atoms with van der Waals surface area (Å²) in [7, 11) is 0. The van der Waals surface area contributed by atoms with Crippen LogP contribution < -0.4 is 5.73 Å². The van der Waals surface area contributed by atoms with Crippen LogP contribution in [0.3, 0.4) is 0 Å². The van der Waals surface area contributed by atoms with E-state index >= 15 is 0 Å². The highest BCUT2D eigenvalue weighted by atomic mass is 35.5. The van der Waals surface area contributed by atoms with Gasteiger partial charge in [0.2, 0.25) is 0 Å². The van der Waals surface area contributed by atoms with E-state index < -0.39 is 0 Å². The number of nitrogens with two attached hydrogens (primary N) is 1. The summed E-state index contributed by atoms with van der Waals surface area (Å²) in [4.78, 5) is 15.0. The zero-order chi connectivity index (χ0) is 16.1. The first-order valence-electron chi connectivity index (χ1n) is 8.44. The Labute approximate surface area is 150 Å². The summed E-state index contributed by atoms with van der Waals surface area (Å²) in [5.74, 6) is 0.111. The molecule has 0 aromatic heterocycles. The van der Waals surface area contributed by atoms with Crippen molar-refractivity contribution in [3.8, 4) is 0 Å². The van der Waals surface area contributed by atoms with Gasteiger partial charge in [-0.05, 0) is 43.0 Å². The minimum Gasteiger partial charge on any atom is -0.399 e. The van der Waals surface area contributed by atoms with Crippen molar-refractivity contribution in [3.05, 3.63) is 65.7 Å². The number of anilines is 1. The molecule has 0 saturated heterocycles. The lowest BCUT2D eigenvalue weighted by Crippen LogP contribution is -2.40. The Hall–Kier alpha value is -2.00. The first-order valence-corrected chi connectivity index (χ1v) is 8.44. The van der Waals surface area contributed by atoms with Gasteiger partial charge in [-0.15, -0.1) is 12.4 Å². The number of nitrogen functional groups attached to an aromatic ring is 1. The smallest absolute Gasteiger partial charge is 0.254 e. The molecule has 0 heterocycles. The standard InChI is InChI=1S/C20H24N2O.ClH/c21-18-10-6-9-17(15-18)20(23)22(19-11-4-5-12-19)14-13-16-7-2-1-3-8-16;/h1-3,6-10,15,19H,4-5,11-14,21H2;1H. The van der Waals surface area contributed by atoms with E-state index in [4.69, 9.17) is 5.73 Å². The Morgan fingerprint density at radius 1 is 1.04 bits per heavy atom. The van der Waals surface area contributed by atoms with Crippen molar-refractivity contribution >= 4 is 24.0 Å². The van der Waals surface area contributed by atoms with E-state index in [-0.39, 0.29) is 18.3 Å². The van der Waals surface area contributed by atoms with Gasteiger partial charge >= 0.3 is 0 Å². The molecule has 1 aliphatic carbocycles. The average Bonchev–Trinajstić information content (AvgIpc) is 3.10. The highest BCUT2D eigenvalue weighted by molar-refractivity contribution is 5.95. The van der Waals surface area contributed by atoms with Crippen molar-refractivity contribution in [2.75, 3.05) is 12.3 Å². The second-order valence-corrected chi connectivity index (χ2v) is 6.30. The van der Waals surface area contributed by atoms with Crippen LogP contribution in [0.1, 0.15) is 41.6 Å². The van der Waals surface area contributed by atoms with Gasteiger partial charge in [-0.3, -0.25) is 4.79 Å². The van der Waals surface area contributed by atoms with Crippen LogP contribution in [0, 0.1) is 0 Å². The van der Waals surface area contributed by atoms with Crippen molar-refractivity contribution in [2.45, 2.75) is 38.1 Å². The minimum atomic E-state index is 0. The summed E-state index contributed by atoms with van der Waals surface area (Å²) in [6.45, 7) is 0.766. The lowest BCUT2D eigenvalue weighted by molar-refractivity contribution is 0.0684. The van der Waals surface area contributed by atoms with Crippen LogP contribution >= 0.6 is 12.4 Å². The van der Waals surface area contributed by atoms with Gasteiger partial charge in [-0.2, -0.15) is 0 Å². The molecule has 1 aliphatic rings. The maximum Gasteiger partial charge on any atom is 0.254 e. The molecule has 128 valence electrons. The second-order valence-electron chi connectivity index (χ2n) is 6.30. The molecular formula is C20H25ClN2O. The van der Waals surface area contributed by atoms with Crippen molar-refractivity contribution in [3.63, 3.8) is 0 Å². The molecule has 0 atom stereocenters. The van der Waals surface area contributed by atoms with Crippen LogP contribution in [0.5, 0.6) is 0 Å². The summed E-state index contributed by atoms with van der Waals surface area (Å²) in [6, 6.07) is 18.1. The fourth-order valence-corrected chi connectivity index (χ4v) is 3.40. The molecule has 0 radical (unpaired) electrons. The number of rotatable bonds is 5. The largest absolute Gasteiger partial charge is 0.399 e. The number of halogens is 1. The van der Waals surface area contributed by atoms with Crippen molar-refractivity contribution < 1.29 is 4.79 Å². The molecule has 1 amide bonds. The summed E-state index contributed by atoms with van der Waals surface area (Å²) in [5.41, 5.74) is 8.46. The van der Waals surface area contributed by atoms with Crippen molar-refractivity contribution in [1.82, 2.24) is 4.90 Å². The fourth-order valence-electron chi connectivity index (χ4n) is 3.40. The summed E-state index contributed by atoms with van der Waals surface area (Å²) in [5, 5.41) is 0. The average molecular weight is 345 g/mol. The zero-order valence-corrected chi connectivity index (χ0v) is 14.7. The van der Waals surface area contributed by atoms with Gasteiger partial charge in [0, 0.05) is 23.8 Å². The van der Waals surface area contributed by atoms with E-state index in [2.05, 4.69) is 29.2 Å². The molecule has 1 fully saturated rings. The molecule has 24 heavy (non-hydrogen) atoms. The van der Waals surface area contributed by atoms with E-state index in [9.17, 15) is 4.79 Å². The molecule has 2 N–H and O–H groups in total. The normalized spacial score (nSPS) is 14.2. The maximum atomic E-state index is 13.0. The predicted molar refractivity (Wildman–Crippen MR) is 102 cm³/mol. The molecule has 2 aromatic rings. The molecule has 0 bridgehead atoms. The first kappa shape index (κ1) is 18.3. The number of amides is 1. The summed E-state index contributed by atoms with van der Waals surface area (Å²) < 4.78 is 0. The number of benzene rings is 2. The fraction of sp³-hybridized carbons (Fsp3) is 0.350. The van der Waals surface area contributed by atoms with Gasteiger partial charge < -0.3 is 10.6 Å². The quantitative estimate of drug-likeness (QED) is 0.821. The van der Waals surface area contributed by atoms with E-state index in [0.717, 1.165) is 25.8 Å². The van der Waals surface area contributed by atoms with Gasteiger partial charge in [0.25, 0.3) is 5.91 Å². The monoisotopic (exact) mass is 344 g/mol. The van der Waals surface area contributed by atoms with Gasteiger partial charge in [-0.25, -0.2) is 0 Å². The number of nitrogens with zero attached hydrogens (tertiary/aromatic N) is 1. The molecule has 0 aliphatic heterocycles. The van der Waals surface area contributed by atoms with Gasteiger partial charge in [0.1, 0.15) is 0 Å². The number of carbonyl (C=O) groups excluding carboxylic acids is 1. The third kappa shape index (κ3) is 4.51. The van der Waals surface area contributed by atoms with Gasteiger partial charge in [0.05, 0.1) is 0 Å². The van der Waals surface area contributed by atoms with Crippen LogP contribution in [0.4, 0.5) is 5.69 Å². The van der Waals surface area contributed by atoms with E-state index in [1.54, 1.807) is 6.07 Å². The summed E-state index contributed by atoms with van der Waals surface area (Å²) >= 11 is 0. The first-order chi connectivity index (χ1) is 11.2. The highest BCUT2D eigenvalue weighted by Gasteiger charge is 2.27. The Bertz CT molecular complexity index is 654. The van der Waals surface area contributed by atoms with Gasteiger partial charge in [0.15, 0.2) is 0 Å². The molecular weight excluding hydrogens is 320 g/mol. The molecule has 1 saturated carbocycles. The van der Waals surface area contributed by atoms with Gasteiger partial charge in [-0.1, -0.05) is 49.2 Å². The highest BCUT2D eigenvalue weighted by Crippen LogP contribution is 2.25. The zero-order valence-electron chi connectivity index (χ0n) is 13.9. The lowest BCUT2D eigenvalue weighted by Gasteiger charge is -2.29.